The minimum Gasteiger partial charge on any atom is -0.480 e. The molecule has 0 bridgehead atoms. The number of nitrogens with zero attached hydrogens (tertiary/aromatic N) is 1. The molecule has 4 unspecified atom stereocenters. The van der Waals surface area contributed by atoms with Crippen LogP contribution in [0.4, 0.5) is 0 Å². The van der Waals surface area contributed by atoms with E-state index in [0.29, 0.717) is 12.8 Å². The molecule has 0 aliphatic rings. The number of nitrogens with one attached hydrogen (secondary N) is 3. The van der Waals surface area contributed by atoms with Crippen LogP contribution in [0, 0.1) is 5.92 Å². The Labute approximate surface area is 192 Å². The third-order valence-corrected chi connectivity index (χ3v) is 4.41. The van der Waals surface area contributed by atoms with Crippen molar-refractivity contribution in [2.45, 2.75) is 70.6 Å². The fourth-order valence-electron chi connectivity index (χ4n) is 2.74. The number of guanidine groups is 1. The summed E-state index contributed by atoms with van der Waals surface area (Å²) in [6.07, 6.45) is 0.185. The molecule has 0 aliphatic heterocycles. The van der Waals surface area contributed by atoms with Gasteiger partial charge in [0.25, 0.3) is 0 Å². The Bertz CT molecular complexity index is 738. The van der Waals surface area contributed by atoms with Gasteiger partial charge < -0.3 is 44.0 Å². The van der Waals surface area contributed by atoms with Crippen molar-refractivity contribution in [1.82, 2.24) is 16.0 Å². The molecule has 14 heteroatoms. The van der Waals surface area contributed by atoms with Crippen molar-refractivity contribution >= 4 is 35.6 Å². The highest BCUT2D eigenvalue weighted by atomic mass is 16.4. The first-order chi connectivity index (χ1) is 15.2. The van der Waals surface area contributed by atoms with Crippen LogP contribution in [0.15, 0.2) is 4.99 Å². The second-order valence-corrected chi connectivity index (χ2v) is 8.05. The van der Waals surface area contributed by atoms with E-state index in [9.17, 15) is 29.1 Å². The molecule has 0 aliphatic carbocycles. The van der Waals surface area contributed by atoms with Gasteiger partial charge in [0.15, 0.2) is 5.96 Å². The van der Waals surface area contributed by atoms with Gasteiger partial charge in [0.1, 0.15) is 18.1 Å². The lowest BCUT2D eigenvalue weighted by Crippen LogP contribution is -2.57. The predicted octanol–water partition coefficient (Wildman–Crippen LogP) is -3.15. The number of amides is 4. The van der Waals surface area contributed by atoms with Crippen LogP contribution in [-0.4, -0.2) is 71.4 Å². The van der Waals surface area contributed by atoms with E-state index in [1.807, 2.05) is 13.8 Å². The summed E-state index contributed by atoms with van der Waals surface area (Å²) in [5, 5.41) is 16.3. The number of carboxylic acids is 1. The van der Waals surface area contributed by atoms with Gasteiger partial charge in [0.2, 0.25) is 23.6 Å². The summed E-state index contributed by atoms with van der Waals surface area (Å²) in [5.41, 5.74) is 21.3. The fraction of sp³-hybridized carbons (Fsp3) is 0.684. The first kappa shape index (κ1) is 29.6. The maximum absolute atomic E-state index is 12.6. The van der Waals surface area contributed by atoms with Gasteiger partial charge in [-0.25, -0.2) is 4.79 Å². The summed E-state index contributed by atoms with van der Waals surface area (Å²) < 4.78 is 0. The topological polar surface area (TPSA) is 258 Å². The number of hydrogen-bond donors (Lipinski definition) is 8. The third kappa shape index (κ3) is 12.9. The van der Waals surface area contributed by atoms with Gasteiger partial charge in [-0.3, -0.25) is 24.2 Å². The molecule has 0 spiro atoms. The van der Waals surface area contributed by atoms with Gasteiger partial charge in [-0.1, -0.05) is 13.8 Å². The van der Waals surface area contributed by atoms with Crippen molar-refractivity contribution in [2.24, 2.45) is 33.8 Å². The summed E-state index contributed by atoms with van der Waals surface area (Å²) in [5.74, 6) is -4.40. The lowest BCUT2D eigenvalue weighted by atomic mass is 10.0. The first-order valence-corrected chi connectivity index (χ1v) is 10.5. The molecule has 4 atom stereocenters. The highest BCUT2D eigenvalue weighted by molar-refractivity contribution is 5.96. The van der Waals surface area contributed by atoms with Crippen molar-refractivity contribution < 1.29 is 29.1 Å². The predicted molar refractivity (Wildman–Crippen MR) is 120 cm³/mol. The van der Waals surface area contributed by atoms with Crippen LogP contribution < -0.4 is 38.9 Å². The number of aliphatic imine (C=N–C) groups is 1. The number of carboxylic acid groups (broad SMARTS) is 1. The van der Waals surface area contributed by atoms with Crippen LogP contribution in [0.2, 0.25) is 0 Å². The van der Waals surface area contributed by atoms with Crippen LogP contribution in [0.25, 0.3) is 0 Å². The van der Waals surface area contributed by atoms with Crippen molar-refractivity contribution in [3.8, 4) is 0 Å². The van der Waals surface area contributed by atoms with Crippen molar-refractivity contribution in [2.75, 3.05) is 6.54 Å². The average molecular weight is 473 g/mol. The number of nitrogens with two attached hydrogens (primary N) is 4. The molecular formula is C19H36N8O6. The lowest BCUT2D eigenvalue weighted by Gasteiger charge is -2.23. The van der Waals surface area contributed by atoms with Crippen LogP contribution >= 0.6 is 0 Å². The molecule has 12 N–H and O–H groups in total. The van der Waals surface area contributed by atoms with E-state index < -0.39 is 60.2 Å². The smallest absolute Gasteiger partial charge is 0.326 e. The van der Waals surface area contributed by atoms with Gasteiger partial charge >= 0.3 is 5.97 Å². The molecule has 4 amide bonds. The Morgan fingerprint density at radius 2 is 1.45 bits per heavy atom. The summed E-state index contributed by atoms with van der Waals surface area (Å²) in [7, 11) is 0. The monoisotopic (exact) mass is 472 g/mol. The van der Waals surface area contributed by atoms with Crippen molar-refractivity contribution in [3.05, 3.63) is 0 Å². The zero-order valence-electron chi connectivity index (χ0n) is 19.2. The minimum atomic E-state index is -1.35. The molecule has 0 aromatic rings. The zero-order valence-corrected chi connectivity index (χ0v) is 19.2. The third-order valence-electron chi connectivity index (χ3n) is 4.41. The summed E-state index contributed by atoms with van der Waals surface area (Å²) in [6.45, 7) is 5.24. The number of primary amides is 1. The fourth-order valence-corrected chi connectivity index (χ4v) is 2.74. The van der Waals surface area contributed by atoms with Crippen molar-refractivity contribution in [1.29, 1.82) is 0 Å². The molecule has 0 aromatic carbocycles. The number of carbonyl (C=O) groups is 5. The Kier molecular flexibility index (Phi) is 13.1. The van der Waals surface area contributed by atoms with E-state index in [1.54, 1.807) is 0 Å². The molecule has 0 radical (unpaired) electrons. The van der Waals surface area contributed by atoms with Gasteiger partial charge in [-0.05, 0) is 32.1 Å². The Hall–Kier alpha value is -3.42. The Morgan fingerprint density at radius 1 is 0.879 bits per heavy atom. The quantitative estimate of drug-likeness (QED) is 0.0678. The first-order valence-electron chi connectivity index (χ1n) is 10.5. The molecule has 0 aromatic heterocycles. The van der Waals surface area contributed by atoms with E-state index in [0.717, 1.165) is 0 Å². The number of rotatable bonds is 15. The minimum absolute atomic E-state index is 0.0482. The highest BCUT2D eigenvalue weighted by Crippen LogP contribution is 2.04. The summed E-state index contributed by atoms with van der Waals surface area (Å²) in [6, 6.07) is -4.66. The van der Waals surface area contributed by atoms with Gasteiger partial charge in [-0.15, -0.1) is 0 Å². The van der Waals surface area contributed by atoms with Gasteiger partial charge in [0, 0.05) is 6.54 Å². The number of aliphatic carboxylic acids is 1. The van der Waals surface area contributed by atoms with Gasteiger partial charge in [-0.2, -0.15) is 0 Å². The molecule has 0 heterocycles. The zero-order chi connectivity index (χ0) is 25.7. The molecule has 0 rings (SSSR count). The Balaban J connectivity index is 5.03. The van der Waals surface area contributed by atoms with E-state index in [2.05, 4.69) is 20.9 Å². The number of hydrogen-bond acceptors (Lipinski definition) is 7. The molecule has 14 nitrogen and oxygen atoms in total. The molecule has 0 fully saturated rings. The maximum Gasteiger partial charge on any atom is 0.326 e. The molecule has 0 saturated carbocycles. The van der Waals surface area contributed by atoms with Crippen LogP contribution in [0.1, 0.15) is 46.5 Å². The van der Waals surface area contributed by atoms with Gasteiger partial charge in [0.05, 0.1) is 12.5 Å². The molecular weight excluding hydrogens is 436 g/mol. The van der Waals surface area contributed by atoms with E-state index >= 15 is 0 Å². The highest BCUT2D eigenvalue weighted by Gasteiger charge is 2.29. The van der Waals surface area contributed by atoms with E-state index in [4.69, 9.17) is 22.9 Å². The maximum atomic E-state index is 12.6. The second kappa shape index (κ2) is 14.6. The van der Waals surface area contributed by atoms with Crippen LogP contribution in [-0.2, 0) is 24.0 Å². The Morgan fingerprint density at radius 3 is 1.94 bits per heavy atom. The van der Waals surface area contributed by atoms with E-state index in [1.165, 1.54) is 6.92 Å². The number of carbonyl (C=O) groups excluding carboxylic acids is 4. The molecule has 33 heavy (non-hydrogen) atoms. The second-order valence-electron chi connectivity index (χ2n) is 8.05. The molecule has 0 saturated heterocycles. The van der Waals surface area contributed by atoms with E-state index in [-0.39, 0.29) is 24.8 Å². The average Bonchev–Trinajstić information content (AvgIpc) is 2.67. The lowest BCUT2D eigenvalue weighted by molar-refractivity contribution is -0.142. The normalized spacial score (nSPS) is 14.3. The molecule has 188 valence electrons. The van der Waals surface area contributed by atoms with Crippen LogP contribution in [0.5, 0.6) is 0 Å². The largest absolute Gasteiger partial charge is 0.480 e. The standard InChI is InChI=1S/C19H36N8O6/c1-9(2)7-11(20)16(30)27-13(8-14(21)28)17(31)25-10(3)15(29)26-12(18(32)33)5-4-6-24-19(22)23/h9-13H,4-8,20H2,1-3H3,(H2,21,28)(H,25,31)(H,26,29)(H,27,30)(H,32,33)(H4,22,23,24). The summed E-state index contributed by atoms with van der Waals surface area (Å²) in [4.78, 5) is 63.7. The SMILES string of the molecule is CC(C)CC(N)C(=O)NC(CC(N)=O)C(=O)NC(C)C(=O)NC(CCCN=C(N)N)C(=O)O. The van der Waals surface area contributed by atoms with Crippen LogP contribution in [0.3, 0.4) is 0 Å². The summed E-state index contributed by atoms with van der Waals surface area (Å²) >= 11 is 0. The van der Waals surface area contributed by atoms with Crippen molar-refractivity contribution in [3.63, 3.8) is 0 Å².